The molecule has 0 saturated heterocycles. The van der Waals surface area contributed by atoms with Crippen molar-refractivity contribution in [2.75, 3.05) is 0 Å². The third kappa shape index (κ3) is 2.63. The number of carbonyl (C=O) groups excluding carboxylic acids is 1. The molecule has 0 aliphatic rings. The highest BCUT2D eigenvalue weighted by Crippen LogP contribution is 2.30. The summed E-state index contributed by atoms with van der Waals surface area (Å²) in [6.07, 6.45) is 0. The number of oxazole rings is 1. The molecule has 23 heavy (non-hydrogen) atoms. The number of fused-ring (bicyclic) bond motifs is 1. The highest BCUT2D eigenvalue weighted by molar-refractivity contribution is 6.00. The van der Waals surface area contributed by atoms with Crippen LogP contribution in [0.5, 0.6) is 0 Å². The molecule has 3 aromatic rings. The summed E-state index contributed by atoms with van der Waals surface area (Å²) in [5, 5.41) is 3.82. The lowest BCUT2D eigenvalue weighted by atomic mass is 10.0. The molecule has 120 valence electrons. The minimum atomic E-state index is -0.258. The number of furan rings is 1. The van der Waals surface area contributed by atoms with Crippen molar-refractivity contribution in [1.82, 2.24) is 10.3 Å². The molecule has 0 atom stereocenters. The summed E-state index contributed by atoms with van der Waals surface area (Å²) in [6.45, 7) is 9.87. The SMILES string of the molecule is Cc1nc(CNC(=O)c2oc3c(C)ccc(C)c3c2C)oc1C. The van der Waals surface area contributed by atoms with Crippen LogP contribution in [0.1, 0.15) is 44.6 Å². The van der Waals surface area contributed by atoms with Gasteiger partial charge in [-0.2, -0.15) is 0 Å². The third-order valence-electron chi connectivity index (χ3n) is 4.16. The van der Waals surface area contributed by atoms with E-state index >= 15 is 0 Å². The van der Waals surface area contributed by atoms with E-state index in [0.29, 0.717) is 11.7 Å². The molecule has 0 aliphatic carbocycles. The monoisotopic (exact) mass is 312 g/mol. The van der Waals surface area contributed by atoms with Crippen molar-refractivity contribution in [3.8, 4) is 0 Å². The van der Waals surface area contributed by atoms with E-state index in [-0.39, 0.29) is 12.5 Å². The molecule has 5 nitrogen and oxygen atoms in total. The molecule has 2 heterocycles. The summed E-state index contributed by atoms with van der Waals surface area (Å²) in [6, 6.07) is 4.04. The van der Waals surface area contributed by atoms with Crippen LogP contribution in [0.2, 0.25) is 0 Å². The van der Waals surface area contributed by atoms with Gasteiger partial charge in [-0.1, -0.05) is 12.1 Å². The number of hydrogen-bond donors (Lipinski definition) is 1. The minimum Gasteiger partial charge on any atom is -0.450 e. The van der Waals surface area contributed by atoms with Crippen LogP contribution in [-0.4, -0.2) is 10.9 Å². The van der Waals surface area contributed by atoms with Crippen LogP contribution in [0.25, 0.3) is 11.0 Å². The van der Waals surface area contributed by atoms with Gasteiger partial charge < -0.3 is 14.2 Å². The van der Waals surface area contributed by atoms with E-state index in [1.54, 1.807) is 0 Å². The number of benzene rings is 1. The van der Waals surface area contributed by atoms with E-state index in [9.17, 15) is 4.79 Å². The van der Waals surface area contributed by atoms with E-state index in [4.69, 9.17) is 8.83 Å². The number of aromatic nitrogens is 1. The summed E-state index contributed by atoms with van der Waals surface area (Å²) >= 11 is 0. The maximum atomic E-state index is 12.4. The number of rotatable bonds is 3. The first-order chi connectivity index (χ1) is 10.9. The Kier molecular flexibility index (Phi) is 3.72. The van der Waals surface area contributed by atoms with Gasteiger partial charge >= 0.3 is 0 Å². The quantitative estimate of drug-likeness (QED) is 0.796. The lowest BCUT2D eigenvalue weighted by molar-refractivity contribution is 0.0920. The minimum absolute atomic E-state index is 0.238. The lowest BCUT2D eigenvalue weighted by Crippen LogP contribution is -2.23. The molecule has 0 saturated carbocycles. The summed E-state index contributed by atoms with van der Waals surface area (Å²) in [7, 11) is 0. The molecule has 1 N–H and O–H groups in total. The van der Waals surface area contributed by atoms with Crippen LogP contribution >= 0.6 is 0 Å². The van der Waals surface area contributed by atoms with Gasteiger partial charge in [0.2, 0.25) is 5.89 Å². The van der Waals surface area contributed by atoms with Gasteiger partial charge in [-0.15, -0.1) is 0 Å². The van der Waals surface area contributed by atoms with E-state index in [1.165, 1.54) is 0 Å². The number of amides is 1. The van der Waals surface area contributed by atoms with Gasteiger partial charge in [0.15, 0.2) is 5.76 Å². The maximum Gasteiger partial charge on any atom is 0.287 e. The average molecular weight is 312 g/mol. The van der Waals surface area contributed by atoms with E-state index in [2.05, 4.69) is 10.3 Å². The Balaban J connectivity index is 1.88. The average Bonchev–Trinajstić information content (AvgIpc) is 3.02. The van der Waals surface area contributed by atoms with E-state index < -0.39 is 0 Å². The molecule has 0 bridgehead atoms. The van der Waals surface area contributed by atoms with Gasteiger partial charge in [-0.3, -0.25) is 4.79 Å². The first-order valence-corrected chi connectivity index (χ1v) is 7.59. The molecule has 0 radical (unpaired) electrons. The van der Waals surface area contributed by atoms with Crippen LogP contribution in [0.15, 0.2) is 21.0 Å². The fraction of sp³-hybridized carbons (Fsp3) is 0.333. The van der Waals surface area contributed by atoms with Gasteiger partial charge in [0.05, 0.1) is 12.2 Å². The van der Waals surface area contributed by atoms with Crippen molar-refractivity contribution in [3.63, 3.8) is 0 Å². The van der Waals surface area contributed by atoms with Gasteiger partial charge in [-0.25, -0.2) is 4.98 Å². The molecule has 0 fully saturated rings. The maximum absolute atomic E-state index is 12.4. The van der Waals surface area contributed by atoms with Crippen LogP contribution in [0.4, 0.5) is 0 Å². The second kappa shape index (κ2) is 5.57. The summed E-state index contributed by atoms with van der Waals surface area (Å²) in [5.41, 5.74) is 4.59. The first-order valence-electron chi connectivity index (χ1n) is 7.59. The predicted octanol–water partition coefficient (Wildman–Crippen LogP) is 3.89. The van der Waals surface area contributed by atoms with Crippen molar-refractivity contribution in [2.45, 2.75) is 41.2 Å². The van der Waals surface area contributed by atoms with Crippen molar-refractivity contribution in [1.29, 1.82) is 0 Å². The van der Waals surface area contributed by atoms with Crippen LogP contribution in [0.3, 0.4) is 0 Å². The Hall–Kier alpha value is -2.56. The Morgan fingerprint density at radius 2 is 1.78 bits per heavy atom. The molecule has 2 aromatic heterocycles. The molecular weight excluding hydrogens is 292 g/mol. The fourth-order valence-corrected chi connectivity index (χ4v) is 2.74. The van der Waals surface area contributed by atoms with E-state index in [0.717, 1.165) is 39.1 Å². The Morgan fingerprint density at radius 1 is 1.09 bits per heavy atom. The summed E-state index contributed by atoms with van der Waals surface area (Å²) < 4.78 is 11.3. The predicted molar refractivity (Wildman–Crippen MR) is 87.6 cm³/mol. The number of hydrogen-bond acceptors (Lipinski definition) is 4. The Bertz CT molecular complexity index is 883. The van der Waals surface area contributed by atoms with E-state index in [1.807, 2.05) is 46.8 Å². The van der Waals surface area contributed by atoms with Crippen LogP contribution in [0, 0.1) is 34.6 Å². The molecule has 3 rings (SSSR count). The Labute approximate surface area is 134 Å². The smallest absolute Gasteiger partial charge is 0.287 e. The van der Waals surface area contributed by atoms with Crippen molar-refractivity contribution in [2.24, 2.45) is 0 Å². The number of nitrogens with one attached hydrogen (secondary N) is 1. The number of aryl methyl sites for hydroxylation is 5. The molecule has 1 aromatic carbocycles. The molecule has 0 unspecified atom stereocenters. The van der Waals surface area contributed by atoms with Crippen molar-refractivity contribution >= 4 is 16.9 Å². The molecular formula is C18H20N2O3. The van der Waals surface area contributed by atoms with Gasteiger partial charge in [0.25, 0.3) is 5.91 Å². The highest BCUT2D eigenvalue weighted by atomic mass is 16.4. The zero-order valence-electron chi connectivity index (χ0n) is 14.0. The lowest BCUT2D eigenvalue weighted by Gasteiger charge is -2.00. The van der Waals surface area contributed by atoms with Crippen molar-refractivity contribution in [3.05, 3.63) is 51.9 Å². The first kappa shape index (κ1) is 15.3. The second-order valence-corrected chi connectivity index (χ2v) is 5.89. The molecule has 5 heteroatoms. The fourth-order valence-electron chi connectivity index (χ4n) is 2.74. The zero-order valence-corrected chi connectivity index (χ0v) is 14.0. The van der Waals surface area contributed by atoms with Gasteiger partial charge in [0.1, 0.15) is 11.3 Å². The highest BCUT2D eigenvalue weighted by Gasteiger charge is 2.20. The standard InChI is InChI=1S/C18H20N2O3/c1-9-6-7-10(2)16-15(9)11(3)17(23-16)18(21)19-8-14-20-12(4)13(5)22-14/h6-7H,8H2,1-5H3,(H,19,21). The Morgan fingerprint density at radius 3 is 2.39 bits per heavy atom. The second-order valence-electron chi connectivity index (χ2n) is 5.89. The summed E-state index contributed by atoms with van der Waals surface area (Å²) in [4.78, 5) is 16.7. The van der Waals surface area contributed by atoms with Crippen LogP contribution < -0.4 is 5.32 Å². The molecule has 0 spiro atoms. The normalized spacial score (nSPS) is 11.2. The molecule has 1 amide bonds. The summed E-state index contributed by atoms with van der Waals surface area (Å²) in [5.74, 6) is 1.35. The van der Waals surface area contributed by atoms with Crippen molar-refractivity contribution < 1.29 is 13.6 Å². The van der Waals surface area contributed by atoms with Gasteiger partial charge in [-0.05, 0) is 45.7 Å². The number of nitrogens with zero attached hydrogens (tertiary/aromatic N) is 1. The third-order valence-corrected chi connectivity index (χ3v) is 4.16. The number of carbonyl (C=O) groups is 1. The van der Waals surface area contributed by atoms with Crippen LogP contribution in [-0.2, 0) is 6.54 Å². The molecule has 0 aliphatic heterocycles. The topological polar surface area (TPSA) is 68.3 Å². The zero-order chi connectivity index (χ0) is 16.7. The van der Waals surface area contributed by atoms with Gasteiger partial charge in [0, 0.05) is 10.9 Å². The largest absolute Gasteiger partial charge is 0.450 e.